The molecule has 6 nitrogen and oxygen atoms in total. The normalized spacial score (nSPS) is 14.6. The number of hydrogen-bond acceptors (Lipinski definition) is 4. The molecule has 0 aromatic heterocycles. The van der Waals surface area contributed by atoms with Gasteiger partial charge < -0.3 is 16.3 Å². The fourth-order valence-corrected chi connectivity index (χ4v) is 2.08. The molecular formula is C13H19N3O3S. The summed E-state index contributed by atoms with van der Waals surface area (Å²) < 4.78 is 10.9. The molecule has 110 valence electrons. The molecule has 0 spiro atoms. The molecule has 0 bridgehead atoms. The molecule has 1 amide bonds. The highest BCUT2D eigenvalue weighted by atomic mass is 32.2. The zero-order valence-electron chi connectivity index (χ0n) is 11.3. The van der Waals surface area contributed by atoms with Gasteiger partial charge in [0.15, 0.2) is 5.84 Å². The summed E-state index contributed by atoms with van der Waals surface area (Å²) in [5.41, 5.74) is 6.49. The van der Waals surface area contributed by atoms with Crippen molar-refractivity contribution in [1.29, 1.82) is 0 Å². The molecule has 2 atom stereocenters. The molecule has 0 fully saturated rings. The van der Waals surface area contributed by atoms with Crippen molar-refractivity contribution in [1.82, 2.24) is 5.32 Å². The smallest absolute Gasteiger partial charge is 0.231 e. The van der Waals surface area contributed by atoms with E-state index in [1.165, 1.54) is 0 Å². The van der Waals surface area contributed by atoms with E-state index in [4.69, 9.17) is 10.9 Å². The van der Waals surface area contributed by atoms with Crippen LogP contribution in [-0.4, -0.2) is 39.7 Å². The molecule has 4 N–H and O–H groups in total. The number of carbonyl (C=O) groups is 1. The number of carbonyl (C=O) groups excluding carboxylic acids is 1. The lowest BCUT2D eigenvalue weighted by Gasteiger charge is -2.15. The molecule has 0 aliphatic rings. The van der Waals surface area contributed by atoms with Gasteiger partial charge in [-0.1, -0.05) is 35.5 Å². The van der Waals surface area contributed by atoms with E-state index in [2.05, 4.69) is 10.5 Å². The lowest BCUT2D eigenvalue weighted by molar-refractivity contribution is -0.122. The van der Waals surface area contributed by atoms with Crippen LogP contribution >= 0.6 is 0 Å². The van der Waals surface area contributed by atoms with Crippen LogP contribution in [0, 0.1) is 5.92 Å². The Morgan fingerprint density at radius 2 is 2.10 bits per heavy atom. The molecule has 1 rings (SSSR count). The number of oxime groups is 1. The van der Waals surface area contributed by atoms with Gasteiger partial charge in [-0.3, -0.25) is 9.00 Å². The van der Waals surface area contributed by atoms with Crippen LogP contribution < -0.4 is 11.1 Å². The van der Waals surface area contributed by atoms with Gasteiger partial charge in [-0.05, 0) is 12.0 Å². The number of nitrogens with zero attached hydrogens (tertiary/aromatic N) is 1. The summed E-state index contributed by atoms with van der Waals surface area (Å²) >= 11 is 0. The maximum absolute atomic E-state index is 12.0. The third kappa shape index (κ3) is 5.40. The Morgan fingerprint density at radius 3 is 2.65 bits per heavy atom. The quantitative estimate of drug-likeness (QED) is 0.287. The Balaban J connectivity index is 2.69. The van der Waals surface area contributed by atoms with Crippen LogP contribution in [0.4, 0.5) is 0 Å². The molecular weight excluding hydrogens is 278 g/mol. The molecule has 1 aromatic carbocycles. The number of amidine groups is 1. The van der Waals surface area contributed by atoms with Gasteiger partial charge in [0.1, 0.15) is 5.92 Å². The molecule has 2 unspecified atom stereocenters. The molecule has 1 aromatic rings. The Labute approximate surface area is 120 Å². The van der Waals surface area contributed by atoms with E-state index < -0.39 is 16.7 Å². The van der Waals surface area contributed by atoms with E-state index in [0.29, 0.717) is 18.7 Å². The lowest BCUT2D eigenvalue weighted by atomic mass is 9.97. The predicted molar refractivity (Wildman–Crippen MR) is 79.0 cm³/mol. The highest BCUT2D eigenvalue weighted by molar-refractivity contribution is 7.84. The van der Waals surface area contributed by atoms with Crippen LogP contribution in [0.25, 0.3) is 0 Å². The van der Waals surface area contributed by atoms with Crippen molar-refractivity contribution in [2.45, 2.75) is 6.42 Å². The van der Waals surface area contributed by atoms with Crippen molar-refractivity contribution in [3.05, 3.63) is 35.9 Å². The van der Waals surface area contributed by atoms with Crippen molar-refractivity contribution < 1.29 is 14.2 Å². The summed E-state index contributed by atoms with van der Waals surface area (Å²) in [4.78, 5) is 12.0. The summed E-state index contributed by atoms with van der Waals surface area (Å²) in [6.07, 6.45) is 1.91. The van der Waals surface area contributed by atoms with Crippen molar-refractivity contribution in [2.24, 2.45) is 16.8 Å². The number of rotatable bonds is 7. The monoisotopic (exact) mass is 297 g/mol. The molecule has 0 heterocycles. The van der Waals surface area contributed by atoms with Crippen LogP contribution in [0.1, 0.15) is 5.56 Å². The first-order valence-corrected chi connectivity index (χ1v) is 7.86. The third-order valence-corrected chi connectivity index (χ3v) is 3.54. The Bertz CT molecular complexity index is 491. The third-order valence-electron chi connectivity index (χ3n) is 2.76. The van der Waals surface area contributed by atoms with Gasteiger partial charge in [0.25, 0.3) is 0 Å². The molecule has 0 radical (unpaired) electrons. The zero-order valence-corrected chi connectivity index (χ0v) is 12.1. The standard InChI is InChI=1S/C13H19N3O3S/c1-20(19)8-7-15-13(17)11(12(14)16-18)9-10-5-3-2-4-6-10/h2-6,11,18H,7-9H2,1H3,(H2,14,16)(H,15,17). The number of amides is 1. The summed E-state index contributed by atoms with van der Waals surface area (Å²) in [7, 11) is -0.971. The average molecular weight is 297 g/mol. The molecule has 0 saturated heterocycles. The maximum Gasteiger partial charge on any atom is 0.231 e. The number of nitrogens with two attached hydrogens (primary N) is 1. The molecule has 0 aliphatic heterocycles. The number of nitrogens with one attached hydrogen (secondary N) is 1. The summed E-state index contributed by atoms with van der Waals surface area (Å²) in [5.74, 6) is -0.841. The van der Waals surface area contributed by atoms with Crippen LogP contribution in [0.2, 0.25) is 0 Å². The molecule has 20 heavy (non-hydrogen) atoms. The van der Waals surface area contributed by atoms with Gasteiger partial charge in [-0.2, -0.15) is 0 Å². The highest BCUT2D eigenvalue weighted by Crippen LogP contribution is 2.09. The summed E-state index contributed by atoms with van der Waals surface area (Å²) in [6, 6.07) is 9.32. The molecule has 0 saturated carbocycles. The van der Waals surface area contributed by atoms with E-state index in [0.717, 1.165) is 5.56 Å². The van der Waals surface area contributed by atoms with Crippen molar-refractivity contribution in [2.75, 3.05) is 18.6 Å². The first-order valence-electron chi connectivity index (χ1n) is 6.13. The first kappa shape index (κ1) is 16.2. The van der Waals surface area contributed by atoms with Crippen LogP contribution in [0.5, 0.6) is 0 Å². The Hall–Kier alpha value is -1.89. The van der Waals surface area contributed by atoms with Gasteiger partial charge in [-0.15, -0.1) is 0 Å². The van der Waals surface area contributed by atoms with E-state index in [9.17, 15) is 9.00 Å². The summed E-state index contributed by atoms with van der Waals surface area (Å²) in [6.45, 7) is 0.298. The van der Waals surface area contributed by atoms with E-state index in [-0.39, 0.29) is 11.7 Å². The van der Waals surface area contributed by atoms with Crippen molar-refractivity contribution >= 4 is 22.5 Å². The SMILES string of the molecule is CS(=O)CCNC(=O)C(Cc1ccccc1)/C(N)=N/O. The van der Waals surface area contributed by atoms with Crippen molar-refractivity contribution in [3.63, 3.8) is 0 Å². The van der Waals surface area contributed by atoms with Crippen LogP contribution in [0.3, 0.4) is 0 Å². The van der Waals surface area contributed by atoms with E-state index >= 15 is 0 Å². The minimum Gasteiger partial charge on any atom is -0.409 e. The van der Waals surface area contributed by atoms with Gasteiger partial charge in [0.05, 0.1) is 0 Å². The minimum absolute atomic E-state index is 0.135. The second-order valence-electron chi connectivity index (χ2n) is 4.34. The van der Waals surface area contributed by atoms with E-state index in [1.54, 1.807) is 6.26 Å². The van der Waals surface area contributed by atoms with Crippen molar-refractivity contribution in [3.8, 4) is 0 Å². The van der Waals surface area contributed by atoms with E-state index in [1.807, 2.05) is 30.3 Å². The lowest BCUT2D eigenvalue weighted by Crippen LogP contribution is -2.41. The Kier molecular flexibility index (Phi) is 6.72. The van der Waals surface area contributed by atoms with Gasteiger partial charge >= 0.3 is 0 Å². The Morgan fingerprint density at radius 1 is 1.45 bits per heavy atom. The minimum atomic E-state index is -0.971. The predicted octanol–water partition coefficient (Wildman–Crippen LogP) is 0.0864. The van der Waals surface area contributed by atoms with Gasteiger partial charge in [0, 0.05) is 29.4 Å². The number of hydrogen-bond donors (Lipinski definition) is 3. The largest absolute Gasteiger partial charge is 0.409 e. The second-order valence-corrected chi connectivity index (χ2v) is 5.89. The maximum atomic E-state index is 12.0. The summed E-state index contributed by atoms with van der Waals surface area (Å²) in [5, 5.41) is 14.3. The second kappa shape index (κ2) is 8.31. The first-order chi connectivity index (χ1) is 9.54. The highest BCUT2D eigenvalue weighted by Gasteiger charge is 2.23. The zero-order chi connectivity index (χ0) is 15.0. The number of benzene rings is 1. The van der Waals surface area contributed by atoms with Crippen LogP contribution in [-0.2, 0) is 22.0 Å². The average Bonchev–Trinajstić information content (AvgIpc) is 2.44. The molecule has 7 heteroatoms. The fraction of sp³-hybridized carbons (Fsp3) is 0.385. The van der Waals surface area contributed by atoms with Gasteiger partial charge in [-0.25, -0.2) is 0 Å². The topological polar surface area (TPSA) is 105 Å². The van der Waals surface area contributed by atoms with Crippen LogP contribution in [0.15, 0.2) is 35.5 Å². The fourth-order valence-electron chi connectivity index (χ4n) is 1.69. The van der Waals surface area contributed by atoms with Gasteiger partial charge in [0.2, 0.25) is 5.91 Å². The molecule has 0 aliphatic carbocycles.